The van der Waals surface area contributed by atoms with E-state index in [2.05, 4.69) is 26.1 Å². The number of amides is 2. The molecule has 3 aromatic rings. The second-order valence-corrected chi connectivity index (χ2v) is 10.6. The maximum atomic E-state index is 12.9. The van der Waals surface area contributed by atoms with Gasteiger partial charge < -0.3 is 19.9 Å². The van der Waals surface area contributed by atoms with E-state index >= 15 is 0 Å². The molecule has 0 aliphatic carbocycles. The zero-order chi connectivity index (χ0) is 26.4. The molecule has 3 aromatic carbocycles. The van der Waals surface area contributed by atoms with Crippen molar-refractivity contribution in [1.29, 1.82) is 0 Å². The minimum absolute atomic E-state index is 0.000584. The third kappa shape index (κ3) is 7.14. The highest BCUT2D eigenvalue weighted by atomic mass is 79.9. The van der Waals surface area contributed by atoms with Crippen molar-refractivity contribution in [1.82, 2.24) is 4.90 Å². The number of nitrogens with one attached hydrogen (secondary N) is 1. The maximum Gasteiger partial charge on any atom is 0.267 e. The fourth-order valence-electron chi connectivity index (χ4n) is 3.97. The number of nitrogens with zero attached hydrogens (tertiary/aromatic N) is 2. The van der Waals surface area contributed by atoms with Gasteiger partial charge in [-0.2, -0.15) is 0 Å². The SMILES string of the molecule is CC(C)(Oc1ccc(Br)cc1)C(=O)Nc1ccc(N2CCN(C(=O)/C=C/c3ccccc3)CC2)c(Cl)c1. The number of anilines is 2. The molecule has 37 heavy (non-hydrogen) atoms. The summed E-state index contributed by atoms with van der Waals surface area (Å²) in [4.78, 5) is 29.5. The number of carbonyl (C=O) groups excluding carboxylic acids is 2. The van der Waals surface area contributed by atoms with Crippen molar-refractivity contribution in [3.8, 4) is 5.75 Å². The van der Waals surface area contributed by atoms with Gasteiger partial charge in [0.05, 0.1) is 10.7 Å². The van der Waals surface area contributed by atoms with E-state index in [1.165, 1.54) is 0 Å². The molecule has 0 spiro atoms. The summed E-state index contributed by atoms with van der Waals surface area (Å²) in [5.74, 6) is 0.320. The van der Waals surface area contributed by atoms with Crippen LogP contribution in [0.1, 0.15) is 19.4 Å². The first-order chi connectivity index (χ1) is 17.7. The molecule has 0 radical (unpaired) electrons. The predicted molar refractivity (Wildman–Crippen MR) is 153 cm³/mol. The zero-order valence-corrected chi connectivity index (χ0v) is 23.1. The molecular formula is C29H29BrClN3O3. The fraction of sp³-hybridized carbons (Fsp3) is 0.241. The Balaban J connectivity index is 1.32. The number of piperazine rings is 1. The van der Waals surface area contributed by atoms with Crippen LogP contribution in [0.25, 0.3) is 6.08 Å². The number of benzene rings is 3. The molecule has 1 N–H and O–H groups in total. The molecule has 1 aliphatic heterocycles. The number of ether oxygens (including phenoxy) is 1. The maximum absolute atomic E-state index is 12.9. The van der Waals surface area contributed by atoms with Crippen LogP contribution >= 0.6 is 27.5 Å². The molecule has 8 heteroatoms. The molecule has 1 saturated heterocycles. The number of halogens is 2. The second kappa shape index (κ2) is 11.8. The minimum Gasteiger partial charge on any atom is -0.478 e. The molecule has 1 fully saturated rings. The van der Waals surface area contributed by atoms with Gasteiger partial charge in [0.25, 0.3) is 5.91 Å². The van der Waals surface area contributed by atoms with Crippen LogP contribution in [0.2, 0.25) is 5.02 Å². The van der Waals surface area contributed by atoms with Gasteiger partial charge in [0.1, 0.15) is 5.75 Å². The van der Waals surface area contributed by atoms with Crippen molar-refractivity contribution >= 4 is 56.8 Å². The summed E-state index contributed by atoms with van der Waals surface area (Å²) in [7, 11) is 0. The largest absolute Gasteiger partial charge is 0.478 e. The van der Waals surface area contributed by atoms with Crippen molar-refractivity contribution < 1.29 is 14.3 Å². The first kappa shape index (κ1) is 26.8. The Labute approximate surface area is 231 Å². The molecular weight excluding hydrogens is 554 g/mol. The Morgan fingerprint density at radius 1 is 0.973 bits per heavy atom. The van der Waals surface area contributed by atoms with Crippen LogP contribution in [0.3, 0.4) is 0 Å². The Hall–Kier alpha value is -3.29. The van der Waals surface area contributed by atoms with Crippen LogP contribution in [0.4, 0.5) is 11.4 Å². The van der Waals surface area contributed by atoms with Crippen LogP contribution < -0.4 is 15.0 Å². The average Bonchev–Trinajstić information content (AvgIpc) is 2.89. The normalized spacial score (nSPS) is 14.1. The van der Waals surface area contributed by atoms with Gasteiger partial charge in [0.2, 0.25) is 5.91 Å². The van der Waals surface area contributed by atoms with Crippen LogP contribution in [0.15, 0.2) is 83.3 Å². The summed E-state index contributed by atoms with van der Waals surface area (Å²) in [6.45, 7) is 5.99. The molecule has 4 rings (SSSR count). The zero-order valence-electron chi connectivity index (χ0n) is 20.8. The van der Waals surface area contributed by atoms with E-state index in [1.54, 1.807) is 38.1 Å². The van der Waals surface area contributed by atoms with Crippen LogP contribution in [0.5, 0.6) is 5.75 Å². The molecule has 6 nitrogen and oxygen atoms in total. The van der Waals surface area contributed by atoms with Crippen LogP contribution in [-0.2, 0) is 9.59 Å². The van der Waals surface area contributed by atoms with E-state index in [0.717, 1.165) is 15.7 Å². The van der Waals surface area contributed by atoms with E-state index in [9.17, 15) is 9.59 Å². The van der Waals surface area contributed by atoms with E-state index in [0.29, 0.717) is 42.6 Å². The Bertz CT molecular complexity index is 1270. The average molecular weight is 583 g/mol. The molecule has 0 aromatic heterocycles. The van der Waals surface area contributed by atoms with Gasteiger partial charge in [0.15, 0.2) is 5.60 Å². The van der Waals surface area contributed by atoms with Gasteiger partial charge in [-0.05, 0) is 68.0 Å². The van der Waals surface area contributed by atoms with E-state index < -0.39 is 5.60 Å². The highest BCUT2D eigenvalue weighted by Crippen LogP contribution is 2.30. The highest BCUT2D eigenvalue weighted by Gasteiger charge is 2.30. The first-order valence-corrected chi connectivity index (χ1v) is 13.2. The fourth-order valence-corrected chi connectivity index (χ4v) is 4.54. The lowest BCUT2D eigenvalue weighted by Crippen LogP contribution is -2.48. The summed E-state index contributed by atoms with van der Waals surface area (Å²) >= 11 is 9.99. The van der Waals surface area contributed by atoms with Crippen molar-refractivity contribution in [3.05, 3.63) is 93.9 Å². The molecule has 2 amide bonds. The molecule has 0 atom stereocenters. The van der Waals surface area contributed by atoms with E-state index in [-0.39, 0.29) is 11.8 Å². The summed E-state index contributed by atoms with van der Waals surface area (Å²) in [5.41, 5.74) is 1.37. The topological polar surface area (TPSA) is 61.9 Å². The molecule has 192 valence electrons. The van der Waals surface area contributed by atoms with Crippen LogP contribution in [0, 0.1) is 0 Å². The van der Waals surface area contributed by atoms with Gasteiger partial charge in [-0.1, -0.05) is 57.9 Å². The molecule has 1 heterocycles. The molecule has 0 unspecified atom stereocenters. The van der Waals surface area contributed by atoms with E-state index in [1.807, 2.05) is 65.6 Å². The Morgan fingerprint density at radius 2 is 1.65 bits per heavy atom. The quantitative estimate of drug-likeness (QED) is 0.334. The van der Waals surface area contributed by atoms with Gasteiger partial charge in [0, 0.05) is 42.4 Å². The van der Waals surface area contributed by atoms with Crippen molar-refractivity contribution in [2.45, 2.75) is 19.4 Å². The highest BCUT2D eigenvalue weighted by molar-refractivity contribution is 9.10. The summed E-state index contributed by atoms with van der Waals surface area (Å²) in [6.07, 6.45) is 3.46. The van der Waals surface area contributed by atoms with Crippen molar-refractivity contribution in [2.24, 2.45) is 0 Å². The third-order valence-electron chi connectivity index (χ3n) is 6.09. The van der Waals surface area contributed by atoms with Gasteiger partial charge in [-0.15, -0.1) is 0 Å². The van der Waals surface area contributed by atoms with Crippen molar-refractivity contribution in [2.75, 3.05) is 36.4 Å². The monoisotopic (exact) mass is 581 g/mol. The van der Waals surface area contributed by atoms with Gasteiger partial charge >= 0.3 is 0 Å². The molecule has 0 bridgehead atoms. The summed E-state index contributed by atoms with van der Waals surface area (Å²) in [5, 5.41) is 3.43. The lowest BCUT2D eigenvalue weighted by Gasteiger charge is -2.36. The standard InChI is InChI=1S/C29H29BrClN3O3/c1-29(2,37-24-12-9-22(30)10-13-24)28(36)32-23-11-14-26(25(31)20-23)33-16-18-34(19-17-33)27(35)15-8-21-6-4-3-5-7-21/h3-15,20H,16-19H2,1-2H3,(H,32,36)/b15-8+. The Kier molecular flexibility index (Phi) is 8.56. The van der Waals surface area contributed by atoms with Gasteiger partial charge in [-0.25, -0.2) is 0 Å². The lowest BCUT2D eigenvalue weighted by atomic mass is 10.1. The van der Waals surface area contributed by atoms with Gasteiger partial charge in [-0.3, -0.25) is 9.59 Å². The predicted octanol–water partition coefficient (Wildman–Crippen LogP) is 6.26. The number of rotatable bonds is 7. The number of carbonyl (C=O) groups is 2. The molecule has 0 saturated carbocycles. The molecule has 1 aliphatic rings. The lowest BCUT2D eigenvalue weighted by molar-refractivity contribution is -0.128. The van der Waals surface area contributed by atoms with Crippen LogP contribution in [-0.4, -0.2) is 48.5 Å². The summed E-state index contributed by atoms with van der Waals surface area (Å²) in [6, 6.07) is 22.6. The smallest absolute Gasteiger partial charge is 0.267 e. The van der Waals surface area contributed by atoms with E-state index in [4.69, 9.17) is 16.3 Å². The summed E-state index contributed by atoms with van der Waals surface area (Å²) < 4.78 is 6.84. The first-order valence-electron chi connectivity index (χ1n) is 12.0. The number of hydrogen-bond donors (Lipinski definition) is 1. The Morgan fingerprint density at radius 3 is 2.30 bits per heavy atom. The second-order valence-electron chi connectivity index (χ2n) is 9.24. The third-order valence-corrected chi connectivity index (χ3v) is 6.92. The van der Waals surface area contributed by atoms with Crippen molar-refractivity contribution in [3.63, 3.8) is 0 Å². The number of hydrogen-bond acceptors (Lipinski definition) is 4. The minimum atomic E-state index is -1.09.